The number of hydrogen-bond donors (Lipinski definition) is 0. The van der Waals surface area contributed by atoms with E-state index in [-0.39, 0.29) is 0 Å². The van der Waals surface area contributed by atoms with E-state index in [0.29, 0.717) is 17.9 Å². The van der Waals surface area contributed by atoms with Gasteiger partial charge in [0.25, 0.3) is 0 Å². The number of aromatic nitrogens is 2. The lowest BCUT2D eigenvalue weighted by Crippen LogP contribution is -2.00. The van der Waals surface area contributed by atoms with E-state index in [1.165, 1.54) is 11.8 Å². The summed E-state index contributed by atoms with van der Waals surface area (Å²) in [6, 6.07) is 11.0. The first kappa shape index (κ1) is 12.4. The molecule has 18 heavy (non-hydrogen) atoms. The fourth-order valence-electron chi connectivity index (χ4n) is 1.31. The van der Waals surface area contributed by atoms with E-state index < -0.39 is 0 Å². The van der Waals surface area contributed by atoms with Crippen LogP contribution in [-0.2, 0) is 0 Å². The second kappa shape index (κ2) is 6.62. The first-order chi connectivity index (χ1) is 8.88. The number of rotatable bonds is 5. The third kappa shape index (κ3) is 3.75. The largest absolute Gasteiger partial charge is 0.493 e. The average Bonchev–Trinajstić information content (AvgIpc) is 2.45. The highest BCUT2D eigenvalue weighted by atomic mass is 32.2. The lowest BCUT2D eigenvalue weighted by Gasteiger charge is -2.05. The molecule has 0 aliphatic carbocycles. The Morgan fingerprint density at radius 2 is 2.06 bits per heavy atom. The molecular formula is C13H11N3OS. The molecule has 0 aliphatic rings. The van der Waals surface area contributed by atoms with E-state index >= 15 is 0 Å². The molecule has 0 atom stereocenters. The van der Waals surface area contributed by atoms with Crippen molar-refractivity contribution in [2.75, 3.05) is 12.4 Å². The summed E-state index contributed by atoms with van der Waals surface area (Å²) >= 11 is 1.54. The maximum atomic E-state index is 8.76. The Kier molecular flexibility index (Phi) is 4.56. The molecule has 0 saturated heterocycles. The van der Waals surface area contributed by atoms with Crippen LogP contribution in [0.5, 0.6) is 5.75 Å². The Labute approximate surface area is 110 Å². The molecule has 0 aliphatic heterocycles. The standard InChI is InChI=1S/C13H11N3OS/c14-10-11-3-1-4-12(9-11)17-7-8-18-13-15-5-2-6-16-13/h1-6,9H,7-8H2. The summed E-state index contributed by atoms with van der Waals surface area (Å²) in [7, 11) is 0. The molecule has 1 aromatic heterocycles. The Morgan fingerprint density at radius 1 is 1.22 bits per heavy atom. The maximum absolute atomic E-state index is 8.76. The zero-order valence-electron chi connectivity index (χ0n) is 9.61. The van der Waals surface area contributed by atoms with Gasteiger partial charge in [-0.05, 0) is 24.3 Å². The van der Waals surface area contributed by atoms with E-state index in [0.717, 1.165) is 10.9 Å². The van der Waals surface area contributed by atoms with Crippen molar-refractivity contribution in [1.82, 2.24) is 9.97 Å². The Hall–Kier alpha value is -2.06. The SMILES string of the molecule is N#Cc1cccc(OCCSc2ncccn2)c1. The molecular weight excluding hydrogens is 246 g/mol. The van der Waals surface area contributed by atoms with Gasteiger partial charge in [0.05, 0.1) is 18.2 Å². The molecule has 2 aromatic rings. The molecule has 2 rings (SSSR count). The van der Waals surface area contributed by atoms with Crippen molar-refractivity contribution in [3.05, 3.63) is 48.3 Å². The quantitative estimate of drug-likeness (QED) is 0.468. The molecule has 5 heteroatoms. The number of nitriles is 1. The minimum Gasteiger partial charge on any atom is -0.493 e. The minimum atomic E-state index is 0.553. The van der Waals surface area contributed by atoms with Crippen LogP contribution < -0.4 is 4.74 Å². The van der Waals surface area contributed by atoms with E-state index in [2.05, 4.69) is 16.0 Å². The number of nitrogens with zero attached hydrogens (tertiary/aromatic N) is 3. The molecule has 1 aromatic carbocycles. The van der Waals surface area contributed by atoms with Crippen LogP contribution in [-0.4, -0.2) is 22.3 Å². The van der Waals surface area contributed by atoms with Gasteiger partial charge in [-0.3, -0.25) is 0 Å². The molecule has 90 valence electrons. The summed E-state index contributed by atoms with van der Waals surface area (Å²) in [6.07, 6.45) is 3.43. The van der Waals surface area contributed by atoms with Gasteiger partial charge in [0.2, 0.25) is 0 Å². The Balaban J connectivity index is 1.77. The fourth-order valence-corrected chi connectivity index (χ4v) is 1.93. The van der Waals surface area contributed by atoms with E-state index in [1.54, 1.807) is 36.7 Å². The zero-order valence-corrected chi connectivity index (χ0v) is 10.4. The maximum Gasteiger partial charge on any atom is 0.187 e. The summed E-state index contributed by atoms with van der Waals surface area (Å²) in [4.78, 5) is 8.21. The van der Waals surface area contributed by atoms with Gasteiger partial charge >= 0.3 is 0 Å². The molecule has 0 N–H and O–H groups in total. The van der Waals surface area contributed by atoms with E-state index in [1.807, 2.05) is 6.07 Å². The Bertz CT molecular complexity index is 539. The molecule has 1 heterocycles. The van der Waals surface area contributed by atoms with Crippen molar-refractivity contribution < 1.29 is 4.74 Å². The molecule has 0 radical (unpaired) electrons. The van der Waals surface area contributed by atoms with Crippen molar-refractivity contribution >= 4 is 11.8 Å². The van der Waals surface area contributed by atoms with Crippen LogP contribution in [0.1, 0.15) is 5.56 Å². The highest BCUT2D eigenvalue weighted by Gasteiger charge is 1.98. The highest BCUT2D eigenvalue weighted by molar-refractivity contribution is 7.99. The van der Waals surface area contributed by atoms with Crippen molar-refractivity contribution in [1.29, 1.82) is 5.26 Å². The molecule has 0 spiro atoms. The monoisotopic (exact) mass is 257 g/mol. The summed E-state index contributed by atoms with van der Waals surface area (Å²) in [6.45, 7) is 0.553. The molecule has 4 nitrogen and oxygen atoms in total. The van der Waals surface area contributed by atoms with Gasteiger partial charge in [-0.25, -0.2) is 9.97 Å². The second-order valence-corrected chi connectivity index (χ2v) is 4.43. The fraction of sp³-hybridized carbons (Fsp3) is 0.154. The van der Waals surface area contributed by atoms with Crippen LogP contribution in [0.4, 0.5) is 0 Å². The first-order valence-corrected chi connectivity index (χ1v) is 6.40. The number of benzene rings is 1. The van der Waals surface area contributed by atoms with Crippen molar-refractivity contribution in [3.63, 3.8) is 0 Å². The summed E-state index contributed by atoms with van der Waals surface area (Å²) < 4.78 is 5.54. The van der Waals surface area contributed by atoms with Crippen molar-refractivity contribution in [2.45, 2.75) is 5.16 Å². The first-order valence-electron chi connectivity index (χ1n) is 5.41. The van der Waals surface area contributed by atoms with Crippen LogP contribution in [0.3, 0.4) is 0 Å². The molecule has 0 bridgehead atoms. The smallest absolute Gasteiger partial charge is 0.187 e. The predicted molar refractivity (Wildman–Crippen MR) is 69.4 cm³/mol. The van der Waals surface area contributed by atoms with Crippen molar-refractivity contribution in [2.24, 2.45) is 0 Å². The highest BCUT2D eigenvalue weighted by Crippen LogP contribution is 2.14. The van der Waals surface area contributed by atoms with E-state index in [4.69, 9.17) is 10.00 Å². The van der Waals surface area contributed by atoms with Crippen LogP contribution in [0.2, 0.25) is 0 Å². The van der Waals surface area contributed by atoms with Gasteiger partial charge in [-0.2, -0.15) is 5.26 Å². The normalized spacial score (nSPS) is 9.72. The number of ether oxygens (including phenoxy) is 1. The molecule has 0 saturated carbocycles. The lowest BCUT2D eigenvalue weighted by molar-refractivity contribution is 0.344. The van der Waals surface area contributed by atoms with Crippen LogP contribution >= 0.6 is 11.8 Å². The molecule has 0 amide bonds. The van der Waals surface area contributed by atoms with Crippen LogP contribution in [0, 0.1) is 11.3 Å². The van der Waals surface area contributed by atoms with Gasteiger partial charge < -0.3 is 4.74 Å². The van der Waals surface area contributed by atoms with Gasteiger partial charge in [0.1, 0.15) is 5.75 Å². The summed E-state index contributed by atoms with van der Waals surface area (Å²) in [5, 5.41) is 9.50. The summed E-state index contributed by atoms with van der Waals surface area (Å²) in [5.74, 6) is 1.48. The molecule has 0 fully saturated rings. The minimum absolute atomic E-state index is 0.553. The van der Waals surface area contributed by atoms with Gasteiger partial charge in [0, 0.05) is 18.1 Å². The van der Waals surface area contributed by atoms with Crippen LogP contribution in [0.15, 0.2) is 47.9 Å². The second-order valence-electron chi connectivity index (χ2n) is 3.37. The van der Waals surface area contributed by atoms with Crippen LogP contribution in [0.25, 0.3) is 0 Å². The molecule has 0 unspecified atom stereocenters. The number of thioether (sulfide) groups is 1. The number of hydrogen-bond acceptors (Lipinski definition) is 5. The van der Waals surface area contributed by atoms with Gasteiger partial charge in [-0.15, -0.1) is 0 Å². The third-order valence-electron chi connectivity index (χ3n) is 2.09. The van der Waals surface area contributed by atoms with Crippen molar-refractivity contribution in [3.8, 4) is 11.8 Å². The zero-order chi connectivity index (χ0) is 12.6. The Morgan fingerprint density at radius 3 is 2.83 bits per heavy atom. The van der Waals surface area contributed by atoms with Gasteiger partial charge in [0.15, 0.2) is 5.16 Å². The average molecular weight is 257 g/mol. The predicted octanol–water partition coefficient (Wildman–Crippen LogP) is 2.52. The topological polar surface area (TPSA) is 58.8 Å². The van der Waals surface area contributed by atoms with E-state index in [9.17, 15) is 0 Å². The third-order valence-corrected chi connectivity index (χ3v) is 2.93. The summed E-state index contributed by atoms with van der Waals surface area (Å²) in [5.41, 5.74) is 0.603. The lowest BCUT2D eigenvalue weighted by atomic mass is 10.2. The van der Waals surface area contributed by atoms with Gasteiger partial charge in [-0.1, -0.05) is 17.8 Å².